The van der Waals surface area contributed by atoms with Gasteiger partial charge in [-0.05, 0) is 89.5 Å². The predicted octanol–water partition coefficient (Wildman–Crippen LogP) is 4.99. The number of ether oxygens (including phenoxy) is 1. The highest BCUT2D eigenvalue weighted by atomic mass is 16.5. The monoisotopic (exact) mass is 556 g/mol. The summed E-state index contributed by atoms with van der Waals surface area (Å²) in [6.45, 7) is 14.4. The standard InChI is InChI=1S/C32H56N6O2/c1-4-26(3)40-25-31(39)33-17-11-9-7-6-8-10-12-18-37-19-15-27(16-20-37)28-21-34-32(35-22-28)38-29-13-14-30(38)24-36(5-2)23-29/h21-22,26-27,29-30H,4-20,23-25H2,1-3H3,(H,33,39). The van der Waals surface area contributed by atoms with Gasteiger partial charge in [0, 0.05) is 44.1 Å². The number of unbranched alkanes of at least 4 members (excludes halogenated alkanes) is 6. The van der Waals surface area contributed by atoms with Crippen molar-refractivity contribution in [2.45, 2.75) is 122 Å². The summed E-state index contributed by atoms with van der Waals surface area (Å²) in [7, 11) is 0. The van der Waals surface area contributed by atoms with E-state index in [4.69, 9.17) is 14.7 Å². The SMILES string of the molecule is CCC(C)OCC(=O)NCCCCCCCCCN1CCC(c2cnc(N3C4CCC3CN(CC)C4)nc2)CC1. The first-order valence-electron chi connectivity index (χ1n) is 16.5. The van der Waals surface area contributed by atoms with E-state index in [1.54, 1.807) is 0 Å². The molecular formula is C32H56N6O2. The van der Waals surface area contributed by atoms with Crippen LogP contribution in [0.25, 0.3) is 0 Å². The fraction of sp³-hybridized carbons (Fsp3) is 0.844. The lowest BCUT2D eigenvalue weighted by Crippen LogP contribution is -2.54. The lowest BCUT2D eigenvalue weighted by Gasteiger charge is -2.40. The van der Waals surface area contributed by atoms with Crippen LogP contribution >= 0.6 is 0 Å². The van der Waals surface area contributed by atoms with Crippen molar-refractivity contribution in [1.82, 2.24) is 25.1 Å². The molecule has 3 aliphatic rings. The van der Waals surface area contributed by atoms with Crippen LogP contribution in [0, 0.1) is 0 Å². The zero-order valence-electron chi connectivity index (χ0n) is 25.7. The van der Waals surface area contributed by atoms with Crippen molar-refractivity contribution in [2.24, 2.45) is 0 Å². The summed E-state index contributed by atoms with van der Waals surface area (Å²) >= 11 is 0. The molecule has 3 fully saturated rings. The third-order valence-electron chi connectivity index (χ3n) is 9.50. The summed E-state index contributed by atoms with van der Waals surface area (Å²) in [6, 6.07) is 1.18. The number of piperazine rings is 1. The van der Waals surface area contributed by atoms with E-state index >= 15 is 0 Å². The number of piperidine rings is 1. The molecule has 1 aromatic heterocycles. The molecule has 4 rings (SSSR count). The lowest BCUT2D eigenvalue weighted by molar-refractivity contribution is -0.127. The van der Waals surface area contributed by atoms with Crippen molar-refractivity contribution in [3.63, 3.8) is 0 Å². The Hall–Kier alpha value is -1.77. The van der Waals surface area contributed by atoms with Crippen LogP contribution in [-0.4, -0.2) is 96.3 Å². The molecule has 4 heterocycles. The average molecular weight is 557 g/mol. The third-order valence-corrected chi connectivity index (χ3v) is 9.50. The number of hydrogen-bond acceptors (Lipinski definition) is 7. The summed E-state index contributed by atoms with van der Waals surface area (Å²) in [6.07, 6.45) is 19.2. The maximum atomic E-state index is 11.7. The van der Waals surface area contributed by atoms with Gasteiger partial charge in [0.15, 0.2) is 0 Å². The maximum Gasteiger partial charge on any atom is 0.246 e. The molecule has 3 unspecified atom stereocenters. The van der Waals surface area contributed by atoms with Crippen molar-refractivity contribution in [3.05, 3.63) is 18.0 Å². The van der Waals surface area contributed by atoms with Crippen molar-refractivity contribution in [2.75, 3.05) is 57.3 Å². The highest BCUT2D eigenvalue weighted by Crippen LogP contribution is 2.34. The molecule has 1 amide bonds. The summed E-state index contributed by atoms with van der Waals surface area (Å²) in [5.74, 6) is 1.58. The molecule has 0 aromatic carbocycles. The first-order chi connectivity index (χ1) is 19.6. The number of amides is 1. The summed E-state index contributed by atoms with van der Waals surface area (Å²) < 4.78 is 5.47. The molecule has 0 radical (unpaired) electrons. The molecule has 40 heavy (non-hydrogen) atoms. The van der Waals surface area contributed by atoms with Crippen LogP contribution in [0.3, 0.4) is 0 Å². The second-order valence-corrected chi connectivity index (χ2v) is 12.4. The van der Waals surface area contributed by atoms with E-state index < -0.39 is 0 Å². The Labute approximate surface area is 243 Å². The minimum Gasteiger partial charge on any atom is -0.369 e. The van der Waals surface area contributed by atoms with E-state index in [1.165, 1.54) is 89.4 Å². The van der Waals surface area contributed by atoms with Gasteiger partial charge in [0.1, 0.15) is 6.61 Å². The smallest absolute Gasteiger partial charge is 0.246 e. The Kier molecular flexibility index (Phi) is 12.9. The lowest BCUT2D eigenvalue weighted by atomic mass is 9.91. The number of aromatic nitrogens is 2. The van der Waals surface area contributed by atoms with Crippen LogP contribution in [-0.2, 0) is 9.53 Å². The number of carbonyl (C=O) groups is 1. The third kappa shape index (κ3) is 9.38. The van der Waals surface area contributed by atoms with Gasteiger partial charge < -0.3 is 19.9 Å². The quantitative estimate of drug-likeness (QED) is 0.271. The molecular weight excluding hydrogens is 500 g/mol. The molecule has 0 saturated carbocycles. The molecule has 0 spiro atoms. The van der Waals surface area contributed by atoms with Gasteiger partial charge in [0.05, 0.1) is 6.10 Å². The van der Waals surface area contributed by atoms with Crippen LogP contribution in [0.2, 0.25) is 0 Å². The molecule has 8 nitrogen and oxygen atoms in total. The number of nitrogens with zero attached hydrogens (tertiary/aromatic N) is 5. The number of likely N-dealkylation sites (N-methyl/N-ethyl adjacent to an activating group) is 1. The number of fused-ring (bicyclic) bond motifs is 2. The molecule has 226 valence electrons. The highest BCUT2D eigenvalue weighted by Gasteiger charge is 2.40. The van der Waals surface area contributed by atoms with Gasteiger partial charge in [-0.25, -0.2) is 9.97 Å². The second kappa shape index (κ2) is 16.6. The molecule has 1 N–H and O–H groups in total. The molecule has 8 heteroatoms. The number of nitrogens with one attached hydrogen (secondary N) is 1. The zero-order valence-corrected chi connectivity index (χ0v) is 25.7. The first kappa shape index (κ1) is 31.2. The van der Waals surface area contributed by atoms with Gasteiger partial charge in [0.2, 0.25) is 11.9 Å². The molecule has 3 atom stereocenters. The van der Waals surface area contributed by atoms with Crippen LogP contribution in [0.5, 0.6) is 0 Å². The van der Waals surface area contributed by atoms with Gasteiger partial charge >= 0.3 is 0 Å². The maximum absolute atomic E-state index is 11.7. The number of rotatable bonds is 17. The molecule has 3 saturated heterocycles. The highest BCUT2D eigenvalue weighted by molar-refractivity contribution is 5.77. The van der Waals surface area contributed by atoms with E-state index in [1.807, 2.05) is 6.92 Å². The second-order valence-electron chi connectivity index (χ2n) is 12.4. The van der Waals surface area contributed by atoms with Crippen molar-refractivity contribution < 1.29 is 9.53 Å². The van der Waals surface area contributed by atoms with Gasteiger partial charge in [-0.2, -0.15) is 0 Å². The molecule has 1 aromatic rings. The van der Waals surface area contributed by atoms with E-state index in [0.717, 1.165) is 45.0 Å². The largest absolute Gasteiger partial charge is 0.369 e. The topological polar surface area (TPSA) is 73.8 Å². The van der Waals surface area contributed by atoms with Gasteiger partial charge in [-0.15, -0.1) is 0 Å². The number of carbonyl (C=O) groups excluding carboxylic acids is 1. The number of hydrogen-bond donors (Lipinski definition) is 1. The number of likely N-dealkylation sites (tertiary alicyclic amines) is 2. The van der Waals surface area contributed by atoms with Crippen LogP contribution < -0.4 is 10.2 Å². The van der Waals surface area contributed by atoms with Crippen LogP contribution in [0.1, 0.15) is 109 Å². The van der Waals surface area contributed by atoms with Crippen molar-refractivity contribution >= 4 is 11.9 Å². The van der Waals surface area contributed by atoms with Crippen LogP contribution in [0.15, 0.2) is 12.4 Å². The Bertz CT molecular complexity index is 845. The average Bonchev–Trinajstić information content (AvgIpc) is 3.26. The van der Waals surface area contributed by atoms with E-state index in [0.29, 0.717) is 18.0 Å². The fourth-order valence-corrected chi connectivity index (χ4v) is 6.70. The Balaban J connectivity index is 1.01. The van der Waals surface area contributed by atoms with Crippen LogP contribution in [0.4, 0.5) is 5.95 Å². The molecule has 3 aliphatic heterocycles. The first-order valence-corrected chi connectivity index (χ1v) is 16.5. The Morgan fingerprint density at radius 1 is 0.925 bits per heavy atom. The Morgan fingerprint density at radius 2 is 1.55 bits per heavy atom. The summed E-state index contributed by atoms with van der Waals surface area (Å²) in [4.78, 5) is 29.3. The molecule has 2 bridgehead atoms. The van der Waals surface area contributed by atoms with Crippen molar-refractivity contribution in [1.29, 1.82) is 0 Å². The van der Waals surface area contributed by atoms with E-state index in [2.05, 4.69) is 46.3 Å². The Morgan fingerprint density at radius 3 is 2.17 bits per heavy atom. The summed E-state index contributed by atoms with van der Waals surface area (Å²) in [5.41, 5.74) is 1.34. The van der Waals surface area contributed by atoms with Crippen molar-refractivity contribution in [3.8, 4) is 0 Å². The van der Waals surface area contributed by atoms with Gasteiger partial charge in [-0.3, -0.25) is 9.69 Å². The van der Waals surface area contributed by atoms with E-state index in [9.17, 15) is 4.79 Å². The van der Waals surface area contributed by atoms with E-state index in [-0.39, 0.29) is 18.6 Å². The minimum atomic E-state index is 0.0127. The zero-order chi connectivity index (χ0) is 28.2. The number of anilines is 1. The van der Waals surface area contributed by atoms with Gasteiger partial charge in [0.25, 0.3) is 0 Å². The fourth-order valence-electron chi connectivity index (χ4n) is 6.70. The minimum absolute atomic E-state index is 0.0127. The normalized spacial score (nSPS) is 23.0. The predicted molar refractivity (Wildman–Crippen MR) is 163 cm³/mol. The summed E-state index contributed by atoms with van der Waals surface area (Å²) in [5, 5.41) is 2.97. The van der Waals surface area contributed by atoms with Gasteiger partial charge in [-0.1, -0.05) is 46.0 Å². The molecule has 0 aliphatic carbocycles.